The molecule has 4 rings (SSSR count). The Morgan fingerprint density at radius 3 is 2.64 bits per heavy atom. The fourth-order valence-electron chi connectivity index (χ4n) is 3.40. The fourth-order valence-corrected chi connectivity index (χ4v) is 3.40. The highest BCUT2D eigenvalue weighted by Crippen LogP contribution is 2.29. The monoisotopic (exact) mass is 452 g/mol. The maximum absolute atomic E-state index is 14.9. The van der Waals surface area contributed by atoms with Crippen molar-refractivity contribution in [2.45, 2.75) is 19.6 Å². The van der Waals surface area contributed by atoms with Gasteiger partial charge in [-0.1, -0.05) is 12.1 Å². The molecule has 0 aliphatic carbocycles. The molecular formula is C23H21FN4O5. The van der Waals surface area contributed by atoms with Gasteiger partial charge in [0.2, 0.25) is 5.91 Å². The minimum atomic E-state index is -0.599. The lowest BCUT2D eigenvalue weighted by Gasteiger charge is -2.14. The number of carbonyl (C=O) groups is 3. The highest BCUT2D eigenvalue weighted by atomic mass is 19.1. The second-order valence-electron chi connectivity index (χ2n) is 7.46. The molecule has 33 heavy (non-hydrogen) atoms. The number of rotatable bonds is 7. The number of hydrogen-bond acceptors (Lipinski definition) is 6. The van der Waals surface area contributed by atoms with Gasteiger partial charge in [-0.3, -0.25) is 14.5 Å². The average Bonchev–Trinajstić information content (AvgIpc) is 3.45. The van der Waals surface area contributed by atoms with Crippen LogP contribution in [0.2, 0.25) is 0 Å². The number of oxazole rings is 1. The van der Waals surface area contributed by atoms with Crippen molar-refractivity contribution in [3.63, 3.8) is 0 Å². The molecule has 2 aromatic carbocycles. The summed E-state index contributed by atoms with van der Waals surface area (Å²) in [7, 11) is 0. The molecular weight excluding hydrogens is 431 g/mol. The van der Waals surface area contributed by atoms with E-state index in [0.717, 1.165) is 0 Å². The number of benzene rings is 2. The first-order valence-electron chi connectivity index (χ1n) is 10.2. The van der Waals surface area contributed by atoms with E-state index in [1.807, 2.05) is 0 Å². The number of hydrogen-bond donors (Lipinski definition) is 2. The molecule has 1 fully saturated rings. The number of aromatic nitrogens is 1. The summed E-state index contributed by atoms with van der Waals surface area (Å²) in [5.41, 5.74) is 2.29. The molecule has 2 heterocycles. The van der Waals surface area contributed by atoms with Crippen LogP contribution in [0.1, 0.15) is 23.0 Å². The topological polar surface area (TPSA) is 114 Å². The summed E-state index contributed by atoms with van der Waals surface area (Å²) in [5, 5.41) is 5.32. The van der Waals surface area contributed by atoms with E-state index in [9.17, 15) is 18.8 Å². The number of ether oxygens (including phenoxy) is 1. The van der Waals surface area contributed by atoms with Crippen molar-refractivity contribution < 1.29 is 27.9 Å². The molecule has 1 atom stereocenters. The van der Waals surface area contributed by atoms with E-state index in [4.69, 9.17) is 9.15 Å². The number of halogens is 1. The SMILES string of the molecule is CC(=O)NCC1CN(c2ccc(-c3ccc(C(=O)NCc4cocn4)cc3)c(F)c2)C(=O)O1. The fraction of sp³-hybridized carbons (Fsp3) is 0.217. The molecule has 0 spiro atoms. The average molecular weight is 452 g/mol. The highest BCUT2D eigenvalue weighted by molar-refractivity contribution is 5.94. The van der Waals surface area contributed by atoms with Gasteiger partial charge in [-0.05, 0) is 35.9 Å². The van der Waals surface area contributed by atoms with E-state index in [0.29, 0.717) is 28.1 Å². The summed E-state index contributed by atoms with van der Waals surface area (Å²) in [5.74, 6) is -1.03. The van der Waals surface area contributed by atoms with E-state index in [1.165, 1.54) is 30.5 Å². The number of carbonyl (C=O) groups excluding carboxylic acids is 3. The van der Waals surface area contributed by atoms with Crippen LogP contribution >= 0.6 is 0 Å². The first kappa shape index (κ1) is 22.0. The summed E-state index contributed by atoms with van der Waals surface area (Å²) in [6.07, 6.45) is 1.62. The van der Waals surface area contributed by atoms with Crippen molar-refractivity contribution in [1.82, 2.24) is 15.6 Å². The summed E-state index contributed by atoms with van der Waals surface area (Å²) in [6, 6.07) is 11.0. The van der Waals surface area contributed by atoms with Crippen molar-refractivity contribution in [2.24, 2.45) is 0 Å². The molecule has 3 amide bonds. The zero-order chi connectivity index (χ0) is 23.4. The van der Waals surface area contributed by atoms with Crippen molar-refractivity contribution in [2.75, 3.05) is 18.0 Å². The Morgan fingerprint density at radius 1 is 1.18 bits per heavy atom. The van der Waals surface area contributed by atoms with Gasteiger partial charge in [-0.15, -0.1) is 0 Å². The third-order valence-electron chi connectivity index (χ3n) is 5.09. The molecule has 10 heteroatoms. The Labute approximate surface area is 188 Å². The molecule has 9 nitrogen and oxygen atoms in total. The third-order valence-corrected chi connectivity index (χ3v) is 5.09. The van der Waals surface area contributed by atoms with Crippen LogP contribution in [-0.4, -0.2) is 42.1 Å². The number of nitrogens with zero attached hydrogens (tertiary/aromatic N) is 2. The van der Waals surface area contributed by atoms with Crippen LogP contribution in [0, 0.1) is 5.82 Å². The van der Waals surface area contributed by atoms with Crippen molar-refractivity contribution in [1.29, 1.82) is 0 Å². The summed E-state index contributed by atoms with van der Waals surface area (Å²) in [4.78, 5) is 40.7. The number of cyclic esters (lactones) is 1. The predicted molar refractivity (Wildman–Crippen MR) is 116 cm³/mol. The lowest BCUT2D eigenvalue weighted by molar-refractivity contribution is -0.119. The Morgan fingerprint density at radius 2 is 1.97 bits per heavy atom. The van der Waals surface area contributed by atoms with Gasteiger partial charge in [0.25, 0.3) is 5.91 Å². The molecule has 0 bridgehead atoms. The van der Waals surface area contributed by atoms with Gasteiger partial charge >= 0.3 is 6.09 Å². The van der Waals surface area contributed by atoms with Crippen LogP contribution in [0.5, 0.6) is 0 Å². The van der Waals surface area contributed by atoms with Gasteiger partial charge in [-0.2, -0.15) is 0 Å². The molecule has 170 valence electrons. The largest absolute Gasteiger partial charge is 0.451 e. The normalized spacial score (nSPS) is 15.3. The smallest absolute Gasteiger partial charge is 0.414 e. The van der Waals surface area contributed by atoms with E-state index in [-0.39, 0.29) is 31.4 Å². The molecule has 1 aliphatic heterocycles. The van der Waals surface area contributed by atoms with Crippen LogP contribution in [0.3, 0.4) is 0 Å². The van der Waals surface area contributed by atoms with Crippen LogP contribution in [-0.2, 0) is 16.1 Å². The van der Waals surface area contributed by atoms with Gasteiger partial charge < -0.3 is 19.8 Å². The molecule has 1 aromatic heterocycles. The van der Waals surface area contributed by atoms with Crippen LogP contribution in [0.15, 0.2) is 59.5 Å². The number of nitrogens with one attached hydrogen (secondary N) is 2. The Hall–Kier alpha value is -4.21. The minimum Gasteiger partial charge on any atom is -0.451 e. The van der Waals surface area contributed by atoms with Gasteiger partial charge in [0.05, 0.1) is 31.0 Å². The Balaban J connectivity index is 1.42. The third kappa shape index (κ3) is 5.17. The molecule has 3 aromatic rings. The van der Waals surface area contributed by atoms with Crippen molar-refractivity contribution in [3.8, 4) is 11.1 Å². The lowest BCUT2D eigenvalue weighted by atomic mass is 10.0. The number of amides is 3. The molecule has 2 N–H and O–H groups in total. The van der Waals surface area contributed by atoms with Gasteiger partial charge in [0.1, 0.15) is 18.2 Å². The van der Waals surface area contributed by atoms with Crippen molar-refractivity contribution >= 4 is 23.6 Å². The summed E-state index contributed by atoms with van der Waals surface area (Å²) in [6.45, 7) is 2.00. The van der Waals surface area contributed by atoms with Crippen molar-refractivity contribution in [3.05, 3.63) is 72.2 Å². The Bertz CT molecular complexity index is 1160. The first-order chi connectivity index (χ1) is 15.9. The predicted octanol–water partition coefficient (Wildman–Crippen LogP) is 2.87. The van der Waals surface area contributed by atoms with E-state index < -0.39 is 18.0 Å². The zero-order valence-electron chi connectivity index (χ0n) is 17.7. The second kappa shape index (κ2) is 9.51. The van der Waals surface area contributed by atoms with Crippen LogP contribution in [0.4, 0.5) is 14.9 Å². The summed E-state index contributed by atoms with van der Waals surface area (Å²) >= 11 is 0. The van der Waals surface area contributed by atoms with Gasteiger partial charge in [0.15, 0.2) is 6.39 Å². The van der Waals surface area contributed by atoms with Gasteiger partial charge in [0, 0.05) is 18.1 Å². The van der Waals surface area contributed by atoms with Crippen LogP contribution in [0.25, 0.3) is 11.1 Å². The standard InChI is InChI=1S/C23H21FN4O5/c1-14(29)25-10-19-11-28(23(31)33-19)18-6-7-20(21(24)8-18)15-2-4-16(5-3-15)22(30)26-9-17-12-32-13-27-17/h2-8,12-13,19H,9-11H2,1H3,(H,25,29)(H,26,30). The zero-order valence-corrected chi connectivity index (χ0v) is 17.7. The van der Waals surface area contributed by atoms with Gasteiger partial charge in [-0.25, -0.2) is 14.2 Å². The summed E-state index contributed by atoms with van der Waals surface area (Å²) < 4.78 is 24.9. The number of anilines is 1. The quantitative estimate of drug-likeness (QED) is 0.570. The lowest BCUT2D eigenvalue weighted by Crippen LogP contribution is -2.33. The maximum Gasteiger partial charge on any atom is 0.414 e. The Kier molecular flexibility index (Phi) is 6.34. The maximum atomic E-state index is 14.9. The van der Waals surface area contributed by atoms with Crippen LogP contribution < -0.4 is 15.5 Å². The van der Waals surface area contributed by atoms with E-state index >= 15 is 0 Å². The molecule has 0 saturated carbocycles. The van der Waals surface area contributed by atoms with E-state index in [1.54, 1.807) is 36.4 Å². The minimum absolute atomic E-state index is 0.191. The second-order valence-corrected chi connectivity index (χ2v) is 7.46. The highest BCUT2D eigenvalue weighted by Gasteiger charge is 2.32. The van der Waals surface area contributed by atoms with E-state index in [2.05, 4.69) is 15.6 Å². The first-order valence-corrected chi connectivity index (χ1v) is 10.2. The molecule has 1 saturated heterocycles. The molecule has 0 radical (unpaired) electrons. The molecule has 1 aliphatic rings. The molecule has 1 unspecified atom stereocenters.